The predicted molar refractivity (Wildman–Crippen MR) is 65.3 cm³/mol. The lowest BCUT2D eigenvalue weighted by Gasteiger charge is -2.09. The van der Waals surface area contributed by atoms with E-state index >= 15 is 0 Å². The Morgan fingerprint density at radius 3 is 2.47 bits per heavy atom. The van der Waals surface area contributed by atoms with Gasteiger partial charge in [-0.15, -0.1) is 5.10 Å². The number of nitrogens with zero attached hydrogens (tertiary/aromatic N) is 3. The Bertz CT molecular complexity index is 570. The summed E-state index contributed by atoms with van der Waals surface area (Å²) in [5, 5.41) is 4.05. The van der Waals surface area contributed by atoms with Crippen LogP contribution in [0.2, 0.25) is 5.02 Å². The third kappa shape index (κ3) is 4.10. The van der Waals surface area contributed by atoms with Crippen molar-refractivity contribution in [3.05, 3.63) is 34.0 Å². The number of hydrogen-bond donors (Lipinski definition) is 0. The van der Waals surface area contributed by atoms with Gasteiger partial charge in [0.15, 0.2) is 0 Å². The van der Waals surface area contributed by atoms with Gasteiger partial charge in [0.1, 0.15) is 12.3 Å². The van der Waals surface area contributed by atoms with E-state index in [1.807, 2.05) is 0 Å². The van der Waals surface area contributed by atoms with E-state index < -0.39 is 12.7 Å². The summed E-state index contributed by atoms with van der Waals surface area (Å²) in [6, 6.07) is 5.88. The molecular formula is C10H6BrClF3N3O. The molecule has 0 aliphatic rings. The molecule has 0 bridgehead atoms. The van der Waals surface area contributed by atoms with Crippen molar-refractivity contribution in [2.24, 2.45) is 0 Å². The first-order valence-corrected chi connectivity index (χ1v) is 6.11. The first kappa shape index (κ1) is 14.1. The standard InChI is InChI=1S/C10H6BrClF3N3O/c11-8-16-9(18(17-8)5-10(13,14)15)19-7-3-1-6(12)2-4-7/h1-4H,5H2. The van der Waals surface area contributed by atoms with Crippen molar-refractivity contribution in [2.45, 2.75) is 12.7 Å². The molecule has 1 aromatic heterocycles. The second-order valence-corrected chi connectivity index (χ2v) is 4.64. The number of benzene rings is 1. The minimum atomic E-state index is -4.41. The van der Waals surface area contributed by atoms with Gasteiger partial charge in [-0.25, -0.2) is 4.68 Å². The van der Waals surface area contributed by atoms with E-state index in [0.717, 1.165) is 0 Å². The van der Waals surface area contributed by atoms with Crippen LogP contribution in [0.1, 0.15) is 0 Å². The number of ether oxygens (including phenoxy) is 1. The highest BCUT2D eigenvalue weighted by Gasteiger charge is 2.31. The molecule has 0 saturated heterocycles. The molecule has 0 atom stereocenters. The van der Waals surface area contributed by atoms with Crippen LogP contribution in [0.5, 0.6) is 11.8 Å². The van der Waals surface area contributed by atoms with Gasteiger partial charge in [0.2, 0.25) is 4.73 Å². The molecule has 2 aromatic rings. The van der Waals surface area contributed by atoms with E-state index in [1.54, 1.807) is 12.1 Å². The normalized spacial score (nSPS) is 11.6. The topological polar surface area (TPSA) is 39.9 Å². The van der Waals surface area contributed by atoms with Crippen molar-refractivity contribution in [3.63, 3.8) is 0 Å². The fraction of sp³-hybridized carbons (Fsp3) is 0.200. The monoisotopic (exact) mass is 355 g/mol. The zero-order valence-corrected chi connectivity index (χ0v) is 11.5. The summed E-state index contributed by atoms with van der Waals surface area (Å²) in [6.45, 7) is -1.28. The van der Waals surface area contributed by atoms with Crippen molar-refractivity contribution in [1.29, 1.82) is 0 Å². The number of rotatable bonds is 3. The minimum absolute atomic E-state index is 0.0145. The lowest BCUT2D eigenvalue weighted by atomic mass is 10.3. The van der Waals surface area contributed by atoms with Crippen LogP contribution < -0.4 is 4.74 Å². The van der Waals surface area contributed by atoms with Gasteiger partial charge in [0.25, 0.3) is 0 Å². The maximum atomic E-state index is 12.3. The summed E-state index contributed by atoms with van der Waals surface area (Å²) >= 11 is 8.60. The summed E-state index contributed by atoms with van der Waals surface area (Å²) in [6.07, 6.45) is -4.41. The molecule has 0 unspecified atom stereocenters. The molecule has 0 radical (unpaired) electrons. The Balaban J connectivity index is 2.22. The molecule has 0 aliphatic carbocycles. The zero-order chi connectivity index (χ0) is 14.0. The summed E-state index contributed by atoms with van der Waals surface area (Å²) in [7, 11) is 0. The van der Waals surface area contributed by atoms with Crippen LogP contribution in [0.25, 0.3) is 0 Å². The zero-order valence-electron chi connectivity index (χ0n) is 9.16. The smallest absolute Gasteiger partial charge is 0.408 e. The van der Waals surface area contributed by atoms with Crippen LogP contribution in [-0.4, -0.2) is 20.9 Å². The molecule has 102 valence electrons. The van der Waals surface area contributed by atoms with E-state index in [-0.39, 0.29) is 10.7 Å². The Kier molecular flexibility index (Phi) is 4.00. The Morgan fingerprint density at radius 2 is 1.89 bits per heavy atom. The maximum Gasteiger partial charge on any atom is 0.408 e. The number of hydrogen-bond acceptors (Lipinski definition) is 3. The highest BCUT2D eigenvalue weighted by atomic mass is 79.9. The third-order valence-corrected chi connectivity index (χ3v) is 2.55. The largest absolute Gasteiger partial charge is 0.424 e. The molecule has 0 fully saturated rings. The van der Waals surface area contributed by atoms with Crippen LogP contribution >= 0.6 is 27.5 Å². The first-order chi connectivity index (χ1) is 8.83. The van der Waals surface area contributed by atoms with Gasteiger partial charge in [-0.3, -0.25) is 0 Å². The van der Waals surface area contributed by atoms with E-state index in [0.29, 0.717) is 15.5 Å². The van der Waals surface area contributed by atoms with E-state index in [9.17, 15) is 13.2 Å². The van der Waals surface area contributed by atoms with Crippen LogP contribution in [-0.2, 0) is 6.54 Å². The average molecular weight is 357 g/mol. The molecule has 19 heavy (non-hydrogen) atoms. The van der Waals surface area contributed by atoms with Gasteiger partial charge in [0.05, 0.1) is 0 Å². The van der Waals surface area contributed by atoms with Gasteiger partial charge < -0.3 is 4.74 Å². The second kappa shape index (κ2) is 5.38. The molecule has 0 aliphatic heterocycles. The predicted octanol–water partition coefficient (Wildman–Crippen LogP) is 4.05. The molecular weight excluding hydrogens is 350 g/mol. The van der Waals surface area contributed by atoms with Crippen molar-refractivity contribution in [3.8, 4) is 11.8 Å². The van der Waals surface area contributed by atoms with Crippen molar-refractivity contribution < 1.29 is 17.9 Å². The van der Waals surface area contributed by atoms with Crippen LogP contribution in [0.15, 0.2) is 29.0 Å². The van der Waals surface area contributed by atoms with Gasteiger partial charge in [-0.05, 0) is 40.2 Å². The first-order valence-electron chi connectivity index (χ1n) is 4.94. The second-order valence-electron chi connectivity index (χ2n) is 3.49. The summed E-state index contributed by atoms with van der Waals surface area (Å²) in [5.41, 5.74) is 0. The van der Waals surface area contributed by atoms with Gasteiger partial charge in [-0.1, -0.05) is 11.6 Å². The van der Waals surface area contributed by atoms with Crippen LogP contribution in [0.3, 0.4) is 0 Å². The molecule has 4 nitrogen and oxygen atoms in total. The Hall–Kier alpha value is -1.28. The number of aromatic nitrogens is 3. The van der Waals surface area contributed by atoms with Gasteiger partial charge in [0, 0.05) is 5.02 Å². The quantitative estimate of drug-likeness (QED) is 0.833. The van der Waals surface area contributed by atoms with E-state index in [1.165, 1.54) is 12.1 Å². The molecule has 1 aromatic carbocycles. The Morgan fingerprint density at radius 1 is 1.26 bits per heavy atom. The molecule has 0 N–H and O–H groups in total. The minimum Gasteiger partial charge on any atom is -0.424 e. The average Bonchev–Trinajstić information content (AvgIpc) is 2.60. The number of halogens is 5. The highest BCUT2D eigenvalue weighted by Crippen LogP contribution is 2.26. The third-order valence-electron chi connectivity index (χ3n) is 1.96. The van der Waals surface area contributed by atoms with Crippen molar-refractivity contribution >= 4 is 27.5 Å². The number of alkyl halides is 3. The van der Waals surface area contributed by atoms with Gasteiger partial charge >= 0.3 is 12.2 Å². The van der Waals surface area contributed by atoms with Crippen molar-refractivity contribution in [2.75, 3.05) is 0 Å². The van der Waals surface area contributed by atoms with Crippen LogP contribution in [0, 0.1) is 0 Å². The molecule has 9 heteroatoms. The maximum absolute atomic E-state index is 12.3. The lowest BCUT2D eigenvalue weighted by Crippen LogP contribution is -2.19. The molecule has 2 rings (SSSR count). The molecule has 0 amide bonds. The fourth-order valence-corrected chi connectivity index (χ4v) is 1.73. The SMILES string of the molecule is FC(F)(F)Cn1nc(Br)nc1Oc1ccc(Cl)cc1. The highest BCUT2D eigenvalue weighted by molar-refractivity contribution is 9.10. The van der Waals surface area contributed by atoms with Gasteiger partial charge in [-0.2, -0.15) is 18.2 Å². The molecule has 0 saturated carbocycles. The lowest BCUT2D eigenvalue weighted by molar-refractivity contribution is -0.143. The fourth-order valence-electron chi connectivity index (χ4n) is 1.26. The van der Waals surface area contributed by atoms with E-state index in [4.69, 9.17) is 16.3 Å². The van der Waals surface area contributed by atoms with E-state index in [2.05, 4.69) is 26.0 Å². The summed E-state index contributed by atoms with van der Waals surface area (Å²) in [5.74, 6) is 0.313. The van der Waals surface area contributed by atoms with Crippen LogP contribution in [0.4, 0.5) is 13.2 Å². The summed E-state index contributed by atoms with van der Waals surface area (Å²) < 4.78 is 42.9. The van der Waals surface area contributed by atoms with Crippen molar-refractivity contribution in [1.82, 2.24) is 14.8 Å². The molecule has 0 spiro atoms. The summed E-state index contributed by atoms with van der Waals surface area (Å²) in [4.78, 5) is 3.73. The Labute approximate surface area is 119 Å². The molecule has 1 heterocycles.